The molecule has 126 valence electrons. The Hall–Kier alpha value is -2.54. The summed E-state index contributed by atoms with van der Waals surface area (Å²) in [5, 5.41) is 16.5. The van der Waals surface area contributed by atoms with Gasteiger partial charge in [-0.25, -0.2) is 0 Å². The largest absolute Gasteiger partial charge is 0.383 e. The van der Waals surface area contributed by atoms with Crippen molar-refractivity contribution in [3.05, 3.63) is 70.3 Å². The lowest BCUT2D eigenvalue weighted by Gasteiger charge is -2.08. The number of non-ortho nitro benzene ring substituents is 1. The minimum atomic E-state index is -0.433. The smallest absolute Gasteiger partial charge is 0.269 e. The number of hydrogen-bond donors (Lipinski definition) is 2. The molecule has 7 heteroatoms. The summed E-state index contributed by atoms with van der Waals surface area (Å²) >= 11 is 1.58. The van der Waals surface area contributed by atoms with E-state index in [9.17, 15) is 14.9 Å². The van der Waals surface area contributed by atoms with Crippen LogP contribution in [0.2, 0.25) is 0 Å². The summed E-state index contributed by atoms with van der Waals surface area (Å²) in [6, 6.07) is 16.2. The van der Waals surface area contributed by atoms with Gasteiger partial charge in [-0.05, 0) is 17.7 Å². The number of benzene rings is 2. The van der Waals surface area contributed by atoms with Gasteiger partial charge in [-0.2, -0.15) is 0 Å². The SMILES string of the molecule is O=C(CSCc1ccccc1)NCCNc1ccc([N+](=O)[O-])cc1. The van der Waals surface area contributed by atoms with Crippen LogP contribution in [0.5, 0.6) is 0 Å². The first-order chi connectivity index (χ1) is 11.6. The van der Waals surface area contributed by atoms with E-state index in [-0.39, 0.29) is 11.6 Å². The van der Waals surface area contributed by atoms with Crippen LogP contribution >= 0.6 is 11.8 Å². The Morgan fingerprint density at radius 3 is 2.42 bits per heavy atom. The van der Waals surface area contributed by atoms with Gasteiger partial charge >= 0.3 is 0 Å². The molecule has 2 aromatic rings. The van der Waals surface area contributed by atoms with Crippen molar-refractivity contribution in [3.63, 3.8) is 0 Å². The van der Waals surface area contributed by atoms with Crippen LogP contribution in [0.3, 0.4) is 0 Å². The number of carbonyl (C=O) groups is 1. The van der Waals surface area contributed by atoms with Crippen molar-refractivity contribution < 1.29 is 9.72 Å². The second-order valence-corrected chi connectivity index (χ2v) is 6.04. The van der Waals surface area contributed by atoms with Gasteiger partial charge in [-0.3, -0.25) is 14.9 Å². The normalized spacial score (nSPS) is 10.2. The first-order valence-electron chi connectivity index (χ1n) is 7.52. The number of carbonyl (C=O) groups excluding carboxylic acids is 1. The van der Waals surface area contributed by atoms with Crippen LogP contribution in [-0.4, -0.2) is 29.7 Å². The zero-order valence-corrected chi connectivity index (χ0v) is 13.9. The number of rotatable bonds is 9. The zero-order chi connectivity index (χ0) is 17.2. The molecule has 0 aliphatic heterocycles. The van der Waals surface area contributed by atoms with E-state index >= 15 is 0 Å². The maximum Gasteiger partial charge on any atom is 0.269 e. The molecule has 2 rings (SSSR count). The van der Waals surface area contributed by atoms with Gasteiger partial charge in [0.2, 0.25) is 5.91 Å². The fourth-order valence-electron chi connectivity index (χ4n) is 2.00. The summed E-state index contributed by atoms with van der Waals surface area (Å²) in [6.07, 6.45) is 0. The molecule has 1 amide bonds. The highest BCUT2D eigenvalue weighted by atomic mass is 32.2. The van der Waals surface area contributed by atoms with Crippen molar-refractivity contribution in [1.82, 2.24) is 5.32 Å². The molecule has 0 saturated carbocycles. The highest BCUT2D eigenvalue weighted by Crippen LogP contribution is 2.15. The Bertz CT molecular complexity index is 663. The summed E-state index contributed by atoms with van der Waals surface area (Å²) in [6.45, 7) is 1.06. The van der Waals surface area contributed by atoms with Crippen LogP contribution in [0.1, 0.15) is 5.56 Å². The van der Waals surface area contributed by atoms with Crippen molar-refractivity contribution in [2.75, 3.05) is 24.2 Å². The first kappa shape index (κ1) is 17.8. The van der Waals surface area contributed by atoms with Crippen molar-refractivity contribution in [1.29, 1.82) is 0 Å². The summed E-state index contributed by atoms with van der Waals surface area (Å²) < 4.78 is 0. The third-order valence-corrected chi connectivity index (χ3v) is 4.20. The number of nitro groups is 1. The molecule has 0 bridgehead atoms. The second-order valence-electron chi connectivity index (χ2n) is 5.06. The standard InChI is InChI=1S/C17H19N3O3S/c21-17(13-24-12-14-4-2-1-3-5-14)19-11-10-18-15-6-8-16(9-7-15)20(22)23/h1-9,18H,10-13H2,(H,19,21). The van der Waals surface area contributed by atoms with Gasteiger partial charge in [-0.15, -0.1) is 11.8 Å². The molecule has 0 radical (unpaired) electrons. The molecule has 0 aliphatic rings. The summed E-state index contributed by atoms with van der Waals surface area (Å²) in [7, 11) is 0. The number of thioether (sulfide) groups is 1. The van der Waals surface area contributed by atoms with Gasteiger partial charge in [0, 0.05) is 36.7 Å². The molecule has 0 spiro atoms. The van der Waals surface area contributed by atoms with Crippen LogP contribution in [0.25, 0.3) is 0 Å². The van der Waals surface area contributed by atoms with Gasteiger partial charge in [-0.1, -0.05) is 30.3 Å². The van der Waals surface area contributed by atoms with E-state index in [2.05, 4.69) is 10.6 Å². The van der Waals surface area contributed by atoms with E-state index in [1.165, 1.54) is 17.7 Å². The fourth-order valence-corrected chi connectivity index (χ4v) is 2.81. The monoisotopic (exact) mass is 345 g/mol. The highest BCUT2D eigenvalue weighted by Gasteiger charge is 2.04. The predicted molar refractivity (Wildman–Crippen MR) is 97.2 cm³/mol. The van der Waals surface area contributed by atoms with Crippen LogP contribution < -0.4 is 10.6 Å². The predicted octanol–water partition coefficient (Wildman–Crippen LogP) is 3.06. The van der Waals surface area contributed by atoms with E-state index in [0.717, 1.165) is 11.4 Å². The lowest BCUT2D eigenvalue weighted by Crippen LogP contribution is -2.30. The van der Waals surface area contributed by atoms with Gasteiger partial charge in [0.15, 0.2) is 0 Å². The van der Waals surface area contributed by atoms with E-state index in [4.69, 9.17) is 0 Å². The van der Waals surface area contributed by atoms with Crippen LogP contribution in [0.4, 0.5) is 11.4 Å². The van der Waals surface area contributed by atoms with Crippen molar-refractivity contribution in [2.45, 2.75) is 5.75 Å². The molecule has 0 heterocycles. The molecule has 2 N–H and O–H groups in total. The van der Waals surface area contributed by atoms with Crippen LogP contribution in [-0.2, 0) is 10.5 Å². The lowest BCUT2D eigenvalue weighted by molar-refractivity contribution is -0.384. The molecule has 6 nitrogen and oxygen atoms in total. The Morgan fingerprint density at radius 1 is 1.04 bits per heavy atom. The topological polar surface area (TPSA) is 84.3 Å². The minimum Gasteiger partial charge on any atom is -0.383 e. The number of hydrogen-bond acceptors (Lipinski definition) is 5. The lowest BCUT2D eigenvalue weighted by atomic mass is 10.2. The number of amides is 1. The summed E-state index contributed by atoms with van der Waals surface area (Å²) in [4.78, 5) is 21.9. The minimum absolute atomic E-state index is 0.00132. The zero-order valence-electron chi connectivity index (χ0n) is 13.1. The average molecular weight is 345 g/mol. The first-order valence-corrected chi connectivity index (χ1v) is 8.67. The fraction of sp³-hybridized carbons (Fsp3) is 0.235. The Balaban J connectivity index is 1.58. The quantitative estimate of drug-likeness (QED) is 0.414. The number of nitrogens with zero attached hydrogens (tertiary/aromatic N) is 1. The highest BCUT2D eigenvalue weighted by molar-refractivity contribution is 7.99. The number of anilines is 1. The van der Waals surface area contributed by atoms with Crippen LogP contribution in [0, 0.1) is 10.1 Å². The van der Waals surface area contributed by atoms with E-state index in [1.807, 2.05) is 30.3 Å². The van der Waals surface area contributed by atoms with Gasteiger partial charge in [0.25, 0.3) is 5.69 Å². The third-order valence-electron chi connectivity index (χ3n) is 3.20. The molecular formula is C17H19N3O3S. The molecule has 0 fully saturated rings. The molecular weight excluding hydrogens is 326 g/mol. The average Bonchev–Trinajstić information content (AvgIpc) is 2.60. The molecule has 0 atom stereocenters. The third kappa shape index (κ3) is 6.29. The number of nitrogens with one attached hydrogen (secondary N) is 2. The maximum atomic E-state index is 11.7. The van der Waals surface area contributed by atoms with Gasteiger partial charge < -0.3 is 10.6 Å². The van der Waals surface area contributed by atoms with Crippen LogP contribution in [0.15, 0.2) is 54.6 Å². The van der Waals surface area contributed by atoms with Crippen molar-refractivity contribution in [3.8, 4) is 0 Å². The molecule has 0 aliphatic carbocycles. The van der Waals surface area contributed by atoms with Gasteiger partial charge in [0.1, 0.15) is 0 Å². The Labute approximate surface area is 144 Å². The van der Waals surface area contributed by atoms with Gasteiger partial charge in [0.05, 0.1) is 10.7 Å². The van der Waals surface area contributed by atoms with Crippen molar-refractivity contribution >= 4 is 29.0 Å². The maximum absolute atomic E-state index is 11.7. The number of nitro benzene ring substituents is 1. The molecule has 24 heavy (non-hydrogen) atoms. The molecule has 2 aromatic carbocycles. The van der Waals surface area contributed by atoms with E-state index < -0.39 is 4.92 Å². The molecule has 0 saturated heterocycles. The summed E-state index contributed by atoms with van der Waals surface area (Å²) in [5.74, 6) is 1.24. The summed E-state index contributed by atoms with van der Waals surface area (Å²) in [5.41, 5.74) is 2.05. The molecule has 0 unspecified atom stereocenters. The van der Waals surface area contributed by atoms with Crippen molar-refractivity contribution in [2.24, 2.45) is 0 Å². The Kier molecular flexibility index (Phi) is 7.10. The second kappa shape index (κ2) is 9.57. The Morgan fingerprint density at radius 2 is 1.75 bits per heavy atom. The van der Waals surface area contributed by atoms with E-state index in [0.29, 0.717) is 18.8 Å². The molecule has 0 aromatic heterocycles. The van der Waals surface area contributed by atoms with E-state index in [1.54, 1.807) is 23.9 Å².